The van der Waals surface area contributed by atoms with E-state index in [0.717, 1.165) is 0 Å². The molecule has 21 heavy (non-hydrogen) atoms. The molecule has 0 saturated carbocycles. The second-order valence-electron chi connectivity index (χ2n) is 4.46. The summed E-state index contributed by atoms with van der Waals surface area (Å²) in [6.45, 7) is 1.65. The van der Waals surface area contributed by atoms with Gasteiger partial charge in [0, 0.05) is 11.1 Å². The monoisotopic (exact) mass is 290 g/mol. The number of rotatable bonds is 5. The Balaban J connectivity index is 2.21. The molecule has 0 unspecified atom stereocenters. The number of carbonyl (C=O) groups is 1. The summed E-state index contributed by atoms with van der Waals surface area (Å²) in [7, 11) is 1.39. The third-order valence-corrected chi connectivity index (χ3v) is 3.16. The van der Waals surface area contributed by atoms with Crippen LogP contribution in [0.3, 0.4) is 0 Å². The highest BCUT2D eigenvalue weighted by molar-refractivity contribution is 5.90. The van der Waals surface area contributed by atoms with Crippen LogP contribution in [0.1, 0.15) is 21.5 Å². The Morgan fingerprint density at radius 1 is 1.19 bits per heavy atom. The maximum Gasteiger partial charge on any atom is 0.336 e. The van der Waals surface area contributed by atoms with E-state index in [1.807, 2.05) is 0 Å². The Hall–Kier alpha value is -2.56. The summed E-state index contributed by atoms with van der Waals surface area (Å²) in [4.78, 5) is 11.1. The van der Waals surface area contributed by atoms with Crippen molar-refractivity contribution in [3.63, 3.8) is 0 Å². The number of carboxylic acid groups (broad SMARTS) is 1. The molecule has 0 fully saturated rings. The average molecular weight is 290 g/mol. The first-order chi connectivity index (χ1) is 10.0. The van der Waals surface area contributed by atoms with E-state index in [1.54, 1.807) is 31.2 Å². The van der Waals surface area contributed by atoms with E-state index in [4.69, 9.17) is 14.6 Å². The van der Waals surface area contributed by atoms with E-state index < -0.39 is 11.8 Å². The van der Waals surface area contributed by atoms with Gasteiger partial charge in [-0.1, -0.05) is 18.2 Å². The molecule has 0 atom stereocenters. The van der Waals surface area contributed by atoms with Gasteiger partial charge in [-0.15, -0.1) is 0 Å². The molecule has 110 valence electrons. The van der Waals surface area contributed by atoms with Crippen LogP contribution in [0.25, 0.3) is 0 Å². The quantitative estimate of drug-likeness (QED) is 0.916. The predicted octanol–water partition coefficient (Wildman–Crippen LogP) is 3.42. The van der Waals surface area contributed by atoms with Gasteiger partial charge in [-0.3, -0.25) is 0 Å². The van der Waals surface area contributed by atoms with Crippen LogP contribution in [0.4, 0.5) is 4.39 Å². The van der Waals surface area contributed by atoms with E-state index in [2.05, 4.69) is 0 Å². The third-order valence-electron chi connectivity index (χ3n) is 3.16. The molecule has 0 spiro atoms. The number of hydrogen-bond donors (Lipinski definition) is 1. The van der Waals surface area contributed by atoms with Gasteiger partial charge in [0.05, 0.1) is 12.7 Å². The lowest BCUT2D eigenvalue weighted by Crippen LogP contribution is -2.04. The lowest BCUT2D eigenvalue weighted by atomic mass is 10.1. The molecule has 0 aliphatic heterocycles. The number of benzene rings is 2. The van der Waals surface area contributed by atoms with Crippen molar-refractivity contribution in [3.05, 3.63) is 58.9 Å². The molecule has 0 radical (unpaired) electrons. The fourth-order valence-corrected chi connectivity index (χ4v) is 1.98. The Morgan fingerprint density at radius 2 is 1.86 bits per heavy atom. The zero-order valence-electron chi connectivity index (χ0n) is 11.7. The van der Waals surface area contributed by atoms with Crippen molar-refractivity contribution in [2.75, 3.05) is 7.11 Å². The van der Waals surface area contributed by atoms with Crippen LogP contribution in [-0.2, 0) is 6.61 Å². The second-order valence-corrected chi connectivity index (χ2v) is 4.46. The Bertz CT molecular complexity index is 667. The zero-order valence-corrected chi connectivity index (χ0v) is 11.7. The standard InChI is InChI=1S/C16H15FO4/c1-10-12(16(18)19)6-4-7-13(10)21-9-11-5-3-8-14(20-2)15(11)17/h3-8H,9H2,1-2H3,(H,18,19). The van der Waals surface area contributed by atoms with E-state index in [-0.39, 0.29) is 17.9 Å². The van der Waals surface area contributed by atoms with Crippen molar-refractivity contribution in [1.29, 1.82) is 0 Å². The molecular weight excluding hydrogens is 275 g/mol. The van der Waals surface area contributed by atoms with Gasteiger partial charge in [-0.2, -0.15) is 0 Å². The van der Waals surface area contributed by atoms with Crippen molar-refractivity contribution >= 4 is 5.97 Å². The molecule has 0 amide bonds. The summed E-state index contributed by atoms with van der Waals surface area (Å²) in [5.41, 5.74) is 1.02. The van der Waals surface area contributed by atoms with Crippen LogP contribution >= 0.6 is 0 Å². The highest BCUT2D eigenvalue weighted by atomic mass is 19.1. The van der Waals surface area contributed by atoms with Crippen LogP contribution in [0, 0.1) is 12.7 Å². The van der Waals surface area contributed by atoms with Crippen molar-refractivity contribution in [3.8, 4) is 11.5 Å². The molecule has 0 heterocycles. The normalized spacial score (nSPS) is 10.2. The molecule has 0 bridgehead atoms. The van der Waals surface area contributed by atoms with E-state index in [9.17, 15) is 9.18 Å². The smallest absolute Gasteiger partial charge is 0.336 e. The minimum absolute atomic E-state index is 0.00700. The van der Waals surface area contributed by atoms with Crippen molar-refractivity contribution in [2.45, 2.75) is 13.5 Å². The molecule has 1 N–H and O–H groups in total. The molecule has 0 aliphatic carbocycles. The highest BCUT2D eigenvalue weighted by Gasteiger charge is 2.13. The summed E-state index contributed by atoms with van der Waals surface area (Å²) in [6.07, 6.45) is 0. The number of hydrogen-bond acceptors (Lipinski definition) is 3. The Morgan fingerprint density at radius 3 is 2.52 bits per heavy atom. The van der Waals surface area contributed by atoms with Gasteiger partial charge in [0.1, 0.15) is 12.4 Å². The maximum absolute atomic E-state index is 14.0. The van der Waals surface area contributed by atoms with Gasteiger partial charge in [-0.05, 0) is 25.1 Å². The lowest BCUT2D eigenvalue weighted by Gasteiger charge is -2.12. The van der Waals surface area contributed by atoms with Gasteiger partial charge in [0.25, 0.3) is 0 Å². The zero-order chi connectivity index (χ0) is 15.4. The van der Waals surface area contributed by atoms with Crippen molar-refractivity contribution in [2.24, 2.45) is 0 Å². The van der Waals surface area contributed by atoms with Gasteiger partial charge in [-0.25, -0.2) is 9.18 Å². The number of carboxylic acids is 1. The largest absolute Gasteiger partial charge is 0.494 e. The second kappa shape index (κ2) is 6.26. The predicted molar refractivity (Wildman–Crippen MR) is 75.4 cm³/mol. The van der Waals surface area contributed by atoms with Crippen molar-refractivity contribution in [1.82, 2.24) is 0 Å². The fraction of sp³-hybridized carbons (Fsp3) is 0.188. The lowest BCUT2D eigenvalue weighted by molar-refractivity contribution is 0.0695. The Kier molecular flexibility index (Phi) is 4.42. The summed E-state index contributed by atoms with van der Waals surface area (Å²) in [6, 6.07) is 9.52. The number of ether oxygens (including phenoxy) is 2. The Labute approximate surface area is 121 Å². The van der Waals surface area contributed by atoms with Crippen LogP contribution in [0.2, 0.25) is 0 Å². The van der Waals surface area contributed by atoms with Crippen LogP contribution in [0.5, 0.6) is 11.5 Å². The number of methoxy groups -OCH3 is 1. The molecule has 5 heteroatoms. The van der Waals surface area contributed by atoms with E-state index in [0.29, 0.717) is 16.9 Å². The molecule has 2 rings (SSSR count). The molecule has 4 nitrogen and oxygen atoms in total. The fourth-order valence-electron chi connectivity index (χ4n) is 1.98. The number of aromatic carboxylic acids is 1. The SMILES string of the molecule is COc1cccc(COc2cccc(C(=O)O)c2C)c1F. The topological polar surface area (TPSA) is 55.8 Å². The number of halogens is 1. The van der Waals surface area contributed by atoms with Gasteiger partial charge >= 0.3 is 5.97 Å². The van der Waals surface area contributed by atoms with Crippen LogP contribution in [0.15, 0.2) is 36.4 Å². The summed E-state index contributed by atoms with van der Waals surface area (Å²) >= 11 is 0. The molecule has 2 aromatic carbocycles. The van der Waals surface area contributed by atoms with Gasteiger partial charge in [0.15, 0.2) is 11.6 Å². The van der Waals surface area contributed by atoms with Crippen LogP contribution < -0.4 is 9.47 Å². The molecule has 0 aliphatic rings. The van der Waals surface area contributed by atoms with Crippen molar-refractivity contribution < 1.29 is 23.8 Å². The third kappa shape index (κ3) is 3.13. The summed E-state index contributed by atoms with van der Waals surface area (Å²) in [5, 5.41) is 9.06. The molecule has 0 saturated heterocycles. The van der Waals surface area contributed by atoms with E-state index in [1.165, 1.54) is 19.2 Å². The molecule has 0 aromatic heterocycles. The molecular formula is C16H15FO4. The van der Waals surface area contributed by atoms with E-state index >= 15 is 0 Å². The first kappa shape index (κ1) is 14.8. The summed E-state index contributed by atoms with van der Waals surface area (Å²) < 4.78 is 24.4. The highest BCUT2D eigenvalue weighted by Crippen LogP contribution is 2.25. The average Bonchev–Trinajstić information content (AvgIpc) is 2.47. The first-order valence-electron chi connectivity index (χ1n) is 6.31. The first-order valence-corrected chi connectivity index (χ1v) is 6.31. The van der Waals surface area contributed by atoms with Gasteiger partial charge in [0.2, 0.25) is 0 Å². The van der Waals surface area contributed by atoms with Crippen LogP contribution in [-0.4, -0.2) is 18.2 Å². The molecule has 2 aromatic rings. The maximum atomic E-state index is 14.0. The summed E-state index contributed by atoms with van der Waals surface area (Å²) in [5.74, 6) is -0.943. The minimum Gasteiger partial charge on any atom is -0.494 e. The minimum atomic E-state index is -1.02. The van der Waals surface area contributed by atoms with Gasteiger partial charge < -0.3 is 14.6 Å².